The van der Waals surface area contributed by atoms with Gasteiger partial charge in [-0.2, -0.15) is 4.98 Å². The molecule has 0 spiro atoms. The summed E-state index contributed by atoms with van der Waals surface area (Å²) in [6, 6.07) is 12.5. The molecule has 0 saturated heterocycles. The summed E-state index contributed by atoms with van der Waals surface area (Å²) >= 11 is 3.38. The molecule has 130 valence electrons. The fourth-order valence-electron chi connectivity index (χ4n) is 2.11. The van der Waals surface area contributed by atoms with E-state index in [0.717, 1.165) is 9.99 Å². The van der Waals surface area contributed by atoms with Gasteiger partial charge in [-0.05, 0) is 49.4 Å². The zero-order valence-corrected chi connectivity index (χ0v) is 15.1. The molecule has 0 atom stereocenters. The van der Waals surface area contributed by atoms with Gasteiger partial charge in [0.15, 0.2) is 5.58 Å². The predicted octanol–water partition coefficient (Wildman–Crippen LogP) is 4.71. The maximum absolute atomic E-state index is 11.2. The van der Waals surface area contributed by atoms with Gasteiger partial charge in [-0.15, -0.1) is 0 Å². The van der Waals surface area contributed by atoms with Gasteiger partial charge in [-0.3, -0.25) is 4.79 Å². The molecule has 0 amide bonds. The van der Waals surface area contributed by atoms with Gasteiger partial charge in [0.1, 0.15) is 17.0 Å². The van der Waals surface area contributed by atoms with E-state index in [9.17, 15) is 4.79 Å². The largest absolute Gasteiger partial charge is 0.493 e. The van der Waals surface area contributed by atoms with E-state index in [1.165, 1.54) is 0 Å². The van der Waals surface area contributed by atoms with Gasteiger partial charge in [0.2, 0.25) is 0 Å². The van der Waals surface area contributed by atoms with Crippen molar-refractivity contribution in [2.24, 2.45) is 0 Å². The normalized spacial score (nSPS) is 10.6. The Morgan fingerprint density at radius 1 is 1.16 bits per heavy atom. The molecule has 1 aromatic heterocycles. The number of rotatable bonds is 7. The second kappa shape index (κ2) is 8.02. The lowest BCUT2D eigenvalue weighted by molar-refractivity contribution is -0.143. The van der Waals surface area contributed by atoms with Crippen molar-refractivity contribution < 1.29 is 23.4 Å². The highest BCUT2D eigenvalue weighted by molar-refractivity contribution is 9.10. The minimum absolute atomic E-state index is 0.170. The fourth-order valence-corrected chi connectivity index (χ4v) is 2.45. The predicted molar refractivity (Wildman–Crippen MR) is 95.0 cm³/mol. The summed E-state index contributed by atoms with van der Waals surface area (Å²) in [6.07, 6.45) is 0.383. The highest BCUT2D eigenvalue weighted by Crippen LogP contribution is 2.28. The molecule has 2 aromatic carbocycles. The van der Waals surface area contributed by atoms with Crippen molar-refractivity contribution >= 4 is 33.0 Å². The van der Waals surface area contributed by atoms with Crippen LogP contribution in [0.5, 0.6) is 17.6 Å². The van der Waals surface area contributed by atoms with Crippen LogP contribution >= 0.6 is 15.9 Å². The lowest BCUT2D eigenvalue weighted by atomic mass is 10.3. The van der Waals surface area contributed by atoms with E-state index in [-0.39, 0.29) is 25.1 Å². The SMILES string of the molecule is CCOC(=O)CCOc1ccc(Oc2nc3ccc(Br)cc3o2)cc1. The Bertz CT molecular complexity index is 860. The minimum atomic E-state index is -0.273. The number of carbonyl (C=O) groups excluding carboxylic acids is 1. The van der Waals surface area contributed by atoms with Crippen molar-refractivity contribution in [1.29, 1.82) is 0 Å². The maximum atomic E-state index is 11.2. The van der Waals surface area contributed by atoms with Crippen LogP contribution in [0.2, 0.25) is 0 Å². The second-order valence-electron chi connectivity index (χ2n) is 5.07. The van der Waals surface area contributed by atoms with Crippen LogP contribution < -0.4 is 9.47 Å². The third-order valence-electron chi connectivity index (χ3n) is 3.24. The van der Waals surface area contributed by atoms with Crippen LogP contribution in [-0.2, 0) is 9.53 Å². The van der Waals surface area contributed by atoms with E-state index in [0.29, 0.717) is 23.7 Å². The zero-order valence-electron chi connectivity index (χ0n) is 13.5. The van der Waals surface area contributed by atoms with Gasteiger partial charge in [-0.1, -0.05) is 15.9 Å². The van der Waals surface area contributed by atoms with Gasteiger partial charge < -0.3 is 18.6 Å². The molecular weight excluding hydrogens is 390 g/mol. The van der Waals surface area contributed by atoms with Crippen LogP contribution in [0.3, 0.4) is 0 Å². The lowest BCUT2D eigenvalue weighted by Gasteiger charge is -2.06. The number of fused-ring (bicyclic) bond motifs is 1. The summed E-state index contributed by atoms with van der Waals surface area (Å²) in [5, 5.41) is 0. The molecule has 1 heterocycles. The molecule has 7 heteroatoms. The first-order valence-corrected chi connectivity index (χ1v) is 8.56. The monoisotopic (exact) mass is 405 g/mol. The third kappa shape index (κ3) is 4.73. The molecule has 0 N–H and O–H groups in total. The number of oxazole rings is 1. The zero-order chi connectivity index (χ0) is 17.6. The number of aromatic nitrogens is 1. The van der Waals surface area contributed by atoms with E-state index < -0.39 is 0 Å². The molecule has 0 fully saturated rings. The van der Waals surface area contributed by atoms with Gasteiger partial charge in [0, 0.05) is 4.47 Å². The van der Waals surface area contributed by atoms with Crippen LogP contribution in [0.1, 0.15) is 13.3 Å². The first-order chi connectivity index (χ1) is 12.1. The number of nitrogens with zero attached hydrogens (tertiary/aromatic N) is 1. The molecule has 0 saturated carbocycles. The summed E-state index contributed by atoms with van der Waals surface area (Å²) < 4.78 is 22.4. The van der Waals surface area contributed by atoms with Crippen molar-refractivity contribution in [2.45, 2.75) is 13.3 Å². The van der Waals surface area contributed by atoms with E-state index >= 15 is 0 Å². The summed E-state index contributed by atoms with van der Waals surface area (Å²) in [4.78, 5) is 15.5. The first kappa shape index (κ1) is 17.3. The van der Waals surface area contributed by atoms with Crippen LogP contribution in [0.4, 0.5) is 0 Å². The lowest BCUT2D eigenvalue weighted by Crippen LogP contribution is -2.09. The fraction of sp³-hybridized carbons (Fsp3) is 0.222. The highest BCUT2D eigenvalue weighted by atomic mass is 79.9. The molecule has 0 aliphatic heterocycles. The number of hydrogen-bond donors (Lipinski definition) is 0. The first-order valence-electron chi connectivity index (χ1n) is 7.76. The molecule has 0 aliphatic carbocycles. The highest BCUT2D eigenvalue weighted by Gasteiger charge is 2.09. The summed E-state index contributed by atoms with van der Waals surface area (Å²) in [5.74, 6) is 0.937. The number of halogens is 1. The van der Waals surface area contributed by atoms with Crippen LogP contribution in [0.15, 0.2) is 51.4 Å². The van der Waals surface area contributed by atoms with Crippen LogP contribution in [-0.4, -0.2) is 24.2 Å². The Labute approximate surface area is 152 Å². The summed E-state index contributed by atoms with van der Waals surface area (Å²) in [7, 11) is 0. The summed E-state index contributed by atoms with van der Waals surface area (Å²) in [6.45, 7) is 2.41. The Balaban J connectivity index is 1.57. The molecule has 25 heavy (non-hydrogen) atoms. The third-order valence-corrected chi connectivity index (χ3v) is 3.73. The minimum Gasteiger partial charge on any atom is -0.493 e. The van der Waals surface area contributed by atoms with E-state index in [2.05, 4.69) is 20.9 Å². The van der Waals surface area contributed by atoms with Crippen molar-refractivity contribution in [3.8, 4) is 17.6 Å². The van der Waals surface area contributed by atoms with Crippen LogP contribution in [0.25, 0.3) is 11.1 Å². The molecule has 3 rings (SSSR count). The number of benzene rings is 2. The Morgan fingerprint density at radius 2 is 1.92 bits per heavy atom. The molecule has 0 bridgehead atoms. The smallest absolute Gasteiger partial charge is 0.400 e. The van der Waals surface area contributed by atoms with E-state index in [1.54, 1.807) is 31.2 Å². The number of esters is 1. The molecule has 0 aliphatic rings. The van der Waals surface area contributed by atoms with E-state index in [4.69, 9.17) is 18.6 Å². The second-order valence-corrected chi connectivity index (χ2v) is 5.98. The standard InChI is InChI=1S/C18H16BrNO5/c1-2-22-17(21)9-10-23-13-4-6-14(7-5-13)24-18-20-15-8-3-12(19)11-16(15)25-18/h3-8,11H,2,9-10H2,1H3. The Hall–Kier alpha value is -2.54. The molecule has 6 nitrogen and oxygen atoms in total. The number of carbonyl (C=O) groups is 1. The van der Waals surface area contributed by atoms with Crippen molar-refractivity contribution in [3.05, 3.63) is 46.9 Å². The van der Waals surface area contributed by atoms with Crippen molar-refractivity contribution in [1.82, 2.24) is 4.98 Å². The molecule has 3 aromatic rings. The van der Waals surface area contributed by atoms with Gasteiger partial charge in [0.05, 0.1) is 19.6 Å². The van der Waals surface area contributed by atoms with Crippen molar-refractivity contribution in [3.63, 3.8) is 0 Å². The van der Waals surface area contributed by atoms with Gasteiger partial charge in [-0.25, -0.2) is 0 Å². The average molecular weight is 406 g/mol. The van der Waals surface area contributed by atoms with Gasteiger partial charge in [0.25, 0.3) is 0 Å². The molecule has 0 unspecified atom stereocenters. The number of hydrogen-bond acceptors (Lipinski definition) is 6. The number of ether oxygens (including phenoxy) is 3. The average Bonchev–Trinajstić information content (AvgIpc) is 2.98. The molecular formula is C18H16BrNO5. The van der Waals surface area contributed by atoms with Crippen molar-refractivity contribution in [2.75, 3.05) is 13.2 Å². The van der Waals surface area contributed by atoms with Gasteiger partial charge >= 0.3 is 12.0 Å². The summed E-state index contributed by atoms with van der Waals surface area (Å²) in [5.41, 5.74) is 1.36. The Kier molecular flexibility index (Phi) is 5.55. The van der Waals surface area contributed by atoms with Crippen LogP contribution in [0, 0.1) is 0 Å². The topological polar surface area (TPSA) is 70.8 Å². The van der Waals surface area contributed by atoms with E-state index in [1.807, 2.05) is 18.2 Å². The maximum Gasteiger partial charge on any atom is 0.400 e. The molecule has 0 radical (unpaired) electrons. The Morgan fingerprint density at radius 3 is 2.68 bits per heavy atom. The quantitative estimate of drug-likeness (QED) is 0.529.